The largest absolute Gasteiger partial charge is 0.497 e. The summed E-state index contributed by atoms with van der Waals surface area (Å²) in [5.41, 5.74) is 2.41. The van der Waals surface area contributed by atoms with Crippen LogP contribution in [-0.4, -0.2) is 19.7 Å². The highest BCUT2D eigenvalue weighted by molar-refractivity contribution is 5.84. The molecule has 1 N–H and O–H groups in total. The predicted octanol–water partition coefficient (Wildman–Crippen LogP) is 3.86. The summed E-state index contributed by atoms with van der Waals surface area (Å²) in [6.45, 7) is 3.42. The van der Waals surface area contributed by atoms with Crippen LogP contribution in [0.1, 0.15) is 43.4 Å². The molecule has 3 nitrogen and oxygen atoms in total. The Morgan fingerprint density at radius 1 is 1.29 bits per heavy atom. The average molecular weight is 285 g/mol. The van der Waals surface area contributed by atoms with E-state index in [0.717, 1.165) is 30.2 Å². The Labute approximate surface area is 125 Å². The average Bonchev–Trinajstić information content (AvgIpc) is 2.77. The van der Waals surface area contributed by atoms with Gasteiger partial charge in [-0.05, 0) is 56.3 Å². The summed E-state index contributed by atoms with van der Waals surface area (Å²) in [4.78, 5) is 0. The first-order chi connectivity index (χ1) is 10.3. The summed E-state index contributed by atoms with van der Waals surface area (Å²) >= 11 is 0. The van der Waals surface area contributed by atoms with Crippen molar-refractivity contribution in [2.45, 2.75) is 44.6 Å². The van der Waals surface area contributed by atoms with Gasteiger partial charge >= 0.3 is 0 Å². The molecule has 3 heteroatoms. The molecule has 2 aromatic rings. The van der Waals surface area contributed by atoms with Gasteiger partial charge in [0.05, 0.1) is 7.11 Å². The summed E-state index contributed by atoms with van der Waals surface area (Å²) in [7, 11) is 1.72. The van der Waals surface area contributed by atoms with Gasteiger partial charge in [-0.3, -0.25) is 0 Å². The van der Waals surface area contributed by atoms with Crippen LogP contribution in [0, 0.1) is 5.92 Å². The lowest BCUT2D eigenvalue weighted by atomic mass is 9.77. The molecule has 2 aliphatic rings. The monoisotopic (exact) mass is 285 g/mol. The molecular weight excluding hydrogens is 262 g/mol. The van der Waals surface area contributed by atoms with Gasteiger partial charge in [0.15, 0.2) is 0 Å². The van der Waals surface area contributed by atoms with Crippen molar-refractivity contribution in [1.29, 1.82) is 0 Å². The lowest BCUT2D eigenvalue weighted by Crippen LogP contribution is -2.38. The maximum Gasteiger partial charge on any atom is 0.134 e. The van der Waals surface area contributed by atoms with Crippen LogP contribution in [0.4, 0.5) is 0 Å². The van der Waals surface area contributed by atoms with Crippen LogP contribution in [0.25, 0.3) is 11.0 Å². The number of benzene rings is 1. The maximum atomic E-state index is 6.29. The summed E-state index contributed by atoms with van der Waals surface area (Å²) in [6, 6.07) is 6.76. The Hall–Kier alpha value is -1.48. The quantitative estimate of drug-likeness (QED) is 0.864. The van der Waals surface area contributed by atoms with Crippen molar-refractivity contribution in [1.82, 2.24) is 5.32 Å². The van der Waals surface area contributed by atoms with Gasteiger partial charge < -0.3 is 14.5 Å². The summed E-state index contributed by atoms with van der Waals surface area (Å²) < 4.78 is 11.7. The molecule has 0 saturated heterocycles. The van der Waals surface area contributed by atoms with Gasteiger partial charge in [-0.25, -0.2) is 0 Å². The molecule has 0 spiro atoms. The lowest BCUT2D eigenvalue weighted by Gasteiger charge is -2.33. The predicted molar refractivity (Wildman–Crippen MR) is 84.0 cm³/mol. The van der Waals surface area contributed by atoms with Crippen LogP contribution < -0.4 is 10.1 Å². The molecule has 3 unspecified atom stereocenters. The first-order valence-corrected chi connectivity index (χ1v) is 8.09. The van der Waals surface area contributed by atoms with Crippen molar-refractivity contribution in [3.63, 3.8) is 0 Å². The molecule has 3 atom stereocenters. The Balaban J connectivity index is 1.85. The zero-order valence-electron chi connectivity index (χ0n) is 12.8. The van der Waals surface area contributed by atoms with Crippen LogP contribution in [0.15, 0.2) is 22.6 Å². The molecule has 1 aliphatic carbocycles. The highest BCUT2D eigenvalue weighted by Crippen LogP contribution is 2.43. The van der Waals surface area contributed by atoms with Crippen LogP contribution in [0.2, 0.25) is 0 Å². The first-order valence-electron chi connectivity index (χ1n) is 8.09. The summed E-state index contributed by atoms with van der Waals surface area (Å²) in [5, 5.41) is 4.98. The van der Waals surface area contributed by atoms with Gasteiger partial charge in [0.2, 0.25) is 0 Å². The molecule has 0 amide bonds. The molecular formula is C18H23NO2. The van der Waals surface area contributed by atoms with Gasteiger partial charge in [0.1, 0.15) is 17.1 Å². The van der Waals surface area contributed by atoms with Gasteiger partial charge in [-0.15, -0.1) is 0 Å². The van der Waals surface area contributed by atoms with E-state index in [9.17, 15) is 0 Å². The molecule has 1 saturated carbocycles. The van der Waals surface area contributed by atoms with Crippen LogP contribution in [0.3, 0.4) is 0 Å². The number of rotatable bonds is 1. The second-order valence-electron chi connectivity index (χ2n) is 6.64. The van der Waals surface area contributed by atoms with Crippen molar-refractivity contribution < 1.29 is 9.15 Å². The second-order valence-corrected chi connectivity index (χ2v) is 6.64. The lowest BCUT2D eigenvalue weighted by molar-refractivity contribution is 0.254. The Bertz CT molecular complexity index is 661. The Morgan fingerprint density at radius 2 is 2.19 bits per heavy atom. The molecule has 4 rings (SSSR count). The number of fused-ring (bicyclic) bond motifs is 5. The minimum absolute atomic E-state index is 0.532. The summed E-state index contributed by atoms with van der Waals surface area (Å²) in [5.74, 6) is 3.48. The SMILES string of the molecule is COc1ccc2oc3c(c2c1)CCNC1CCC(C)CC31. The number of hydrogen-bond donors (Lipinski definition) is 1. The molecule has 1 aromatic carbocycles. The molecule has 1 aliphatic heterocycles. The fourth-order valence-electron chi connectivity index (χ4n) is 4.13. The van der Waals surface area contributed by atoms with E-state index < -0.39 is 0 Å². The van der Waals surface area contributed by atoms with Gasteiger partial charge in [0.25, 0.3) is 0 Å². The standard InChI is InChI=1S/C18H23NO2/c1-11-3-5-16-15(9-11)18-13(7-8-19-16)14-10-12(20-2)4-6-17(14)21-18/h4,6,10-11,15-16,19H,3,5,7-9H2,1-2H3. The smallest absolute Gasteiger partial charge is 0.134 e. The topological polar surface area (TPSA) is 34.4 Å². The van der Waals surface area contributed by atoms with E-state index in [2.05, 4.69) is 24.4 Å². The van der Waals surface area contributed by atoms with Crippen molar-refractivity contribution in [3.8, 4) is 5.75 Å². The van der Waals surface area contributed by atoms with Crippen molar-refractivity contribution in [2.75, 3.05) is 13.7 Å². The van der Waals surface area contributed by atoms with Gasteiger partial charge in [0, 0.05) is 22.9 Å². The number of nitrogens with one attached hydrogen (secondary N) is 1. The first kappa shape index (κ1) is 13.2. The normalized spacial score (nSPS) is 28.8. The molecule has 0 radical (unpaired) electrons. The fourth-order valence-corrected chi connectivity index (χ4v) is 4.13. The van der Waals surface area contributed by atoms with Crippen molar-refractivity contribution in [3.05, 3.63) is 29.5 Å². The Morgan fingerprint density at radius 3 is 3.05 bits per heavy atom. The molecule has 1 aromatic heterocycles. The third-order valence-electron chi connectivity index (χ3n) is 5.26. The van der Waals surface area contributed by atoms with Crippen LogP contribution in [0.5, 0.6) is 5.75 Å². The molecule has 21 heavy (non-hydrogen) atoms. The zero-order valence-corrected chi connectivity index (χ0v) is 12.8. The highest BCUT2D eigenvalue weighted by atomic mass is 16.5. The van der Waals surface area contributed by atoms with E-state index >= 15 is 0 Å². The van der Waals surface area contributed by atoms with Crippen LogP contribution in [-0.2, 0) is 6.42 Å². The number of methoxy groups -OCH3 is 1. The number of furan rings is 1. The zero-order chi connectivity index (χ0) is 14.4. The Kier molecular flexibility index (Phi) is 3.18. The van der Waals surface area contributed by atoms with E-state index in [1.807, 2.05) is 6.07 Å². The minimum Gasteiger partial charge on any atom is -0.497 e. The van der Waals surface area contributed by atoms with Crippen LogP contribution >= 0.6 is 0 Å². The van der Waals surface area contributed by atoms with E-state index in [1.165, 1.54) is 36.0 Å². The minimum atomic E-state index is 0.532. The van der Waals surface area contributed by atoms with Crippen molar-refractivity contribution >= 4 is 11.0 Å². The second kappa shape index (κ2) is 5.06. The van der Waals surface area contributed by atoms with E-state index in [1.54, 1.807) is 7.11 Å². The number of hydrogen-bond acceptors (Lipinski definition) is 3. The molecule has 0 bridgehead atoms. The maximum absolute atomic E-state index is 6.29. The van der Waals surface area contributed by atoms with E-state index in [0.29, 0.717) is 12.0 Å². The third kappa shape index (κ3) is 2.15. The van der Waals surface area contributed by atoms with Crippen molar-refractivity contribution in [2.24, 2.45) is 5.92 Å². The van der Waals surface area contributed by atoms with E-state index in [4.69, 9.17) is 9.15 Å². The van der Waals surface area contributed by atoms with Gasteiger partial charge in [-0.2, -0.15) is 0 Å². The van der Waals surface area contributed by atoms with Gasteiger partial charge in [-0.1, -0.05) is 6.92 Å². The molecule has 1 fully saturated rings. The highest BCUT2D eigenvalue weighted by Gasteiger charge is 2.35. The summed E-state index contributed by atoms with van der Waals surface area (Å²) in [6.07, 6.45) is 4.89. The third-order valence-corrected chi connectivity index (χ3v) is 5.26. The number of ether oxygens (including phenoxy) is 1. The van der Waals surface area contributed by atoms with E-state index in [-0.39, 0.29) is 0 Å². The molecule has 112 valence electrons. The molecule has 2 heterocycles. The fraction of sp³-hybridized carbons (Fsp3) is 0.556.